The van der Waals surface area contributed by atoms with Crippen LogP contribution in [0.15, 0.2) is 18.7 Å². The normalized spacial score (nSPS) is 16.8. The minimum absolute atomic E-state index is 0.300. The molecule has 1 aliphatic rings. The minimum atomic E-state index is 0.300. The summed E-state index contributed by atoms with van der Waals surface area (Å²) in [4.78, 5) is 2.98. The standard InChI is InChI=1S/C13H20N2S/c1-2-3-7-11(15-14)13-9-10-6-4-5-8-12(10)16-13/h2,9,11,15H,1,3-8,14H2. The Kier molecular flexibility index (Phi) is 4.16. The lowest BCUT2D eigenvalue weighted by Crippen LogP contribution is -2.27. The fraction of sp³-hybridized carbons (Fsp3) is 0.538. The van der Waals surface area contributed by atoms with Crippen LogP contribution in [-0.2, 0) is 12.8 Å². The molecule has 0 saturated heterocycles. The minimum Gasteiger partial charge on any atom is -0.271 e. The summed E-state index contributed by atoms with van der Waals surface area (Å²) >= 11 is 1.94. The second kappa shape index (κ2) is 5.62. The highest BCUT2D eigenvalue weighted by atomic mass is 32.1. The molecule has 88 valence electrons. The molecule has 3 heteroatoms. The van der Waals surface area contributed by atoms with Gasteiger partial charge < -0.3 is 0 Å². The zero-order valence-electron chi connectivity index (χ0n) is 9.67. The van der Waals surface area contributed by atoms with E-state index in [1.54, 1.807) is 10.4 Å². The van der Waals surface area contributed by atoms with E-state index in [9.17, 15) is 0 Å². The molecular weight excluding hydrogens is 216 g/mol. The van der Waals surface area contributed by atoms with E-state index in [4.69, 9.17) is 5.84 Å². The Labute approximate surface area is 102 Å². The third-order valence-corrected chi connectivity index (χ3v) is 4.57. The molecule has 1 atom stereocenters. The molecule has 2 rings (SSSR count). The summed E-state index contributed by atoms with van der Waals surface area (Å²) < 4.78 is 0. The van der Waals surface area contributed by atoms with E-state index in [2.05, 4.69) is 18.1 Å². The Bertz CT molecular complexity index is 333. The molecule has 0 spiro atoms. The maximum Gasteiger partial charge on any atom is 0.0556 e. The van der Waals surface area contributed by atoms with E-state index < -0.39 is 0 Å². The first-order valence-corrected chi connectivity index (χ1v) is 6.85. The van der Waals surface area contributed by atoms with Gasteiger partial charge in [-0.3, -0.25) is 11.3 Å². The second-order valence-corrected chi connectivity index (χ2v) is 5.56. The molecule has 2 nitrogen and oxygen atoms in total. The quantitative estimate of drug-likeness (QED) is 0.468. The maximum absolute atomic E-state index is 5.63. The molecule has 0 aliphatic heterocycles. The van der Waals surface area contributed by atoms with Crippen molar-refractivity contribution in [3.05, 3.63) is 34.0 Å². The van der Waals surface area contributed by atoms with Crippen molar-refractivity contribution in [1.82, 2.24) is 5.43 Å². The van der Waals surface area contributed by atoms with E-state index in [1.165, 1.54) is 30.6 Å². The molecule has 1 aliphatic carbocycles. The number of hydrogen-bond donors (Lipinski definition) is 2. The SMILES string of the molecule is C=CCCC(NN)c1cc2c(s1)CCCC2. The molecule has 0 amide bonds. The highest BCUT2D eigenvalue weighted by Crippen LogP contribution is 2.34. The Balaban J connectivity index is 2.11. The van der Waals surface area contributed by atoms with Crippen molar-refractivity contribution in [1.29, 1.82) is 0 Å². The summed E-state index contributed by atoms with van der Waals surface area (Å²) in [5, 5.41) is 0. The van der Waals surface area contributed by atoms with Crippen molar-refractivity contribution in [2.45, 2.75) is 44.6 Å². The highest BCUT2D eigenvalue weighted by molar-refractivity contribution is 7.12. The van der Waals surface area contributed by atoms with Crippen LogP contribution in [0.4, 0.5) is 0 Å². The number of fused-ring (bicyclic) bond motifs is 1. The number of aryl methyl sites for hydroxylation is 2. The first-order valence-electron chi connectivity index (χ1n) is 6.03. The van der Waals surface area contributed by atoms with Gasteiger partial charge in [0.1, 0.15) is 0 Å². The average Bonchev–Trinajstić information content (AvgIpc) is 2.73. The van der Waals surface area contributed by atoms with Crippen molar-refractivity contribution >= 4 is 11.3 Å². The monoisotopic (exact) mass is 236 g/mol. The van der Waals surface area contributed by atoms with E-state index >= 15 is 0 Å². The number of hydrogen-bond acceptors (Lipinski definition) is 3. The number of allylic oxidation sites excluding steroid dienone is 1. The van der Waals surface area contributed by atoms with Gasteiger partial charge in [0, 0.05) is 9.75 Å². The smallest absolute Gasteiger partial charge is 0.0556 e. The second-order valence-electron chi connectivity index (χ2n) is 4.39. The summed E-state index contributed by atoms with van der Waals surface area (Å²) in [5.74, 6) is 5.63. The fourth-order valence-electron chi connectivity index (χ4n) is 2.28. The first-order chi connectivity index (χ1) is 7.85. The zero-order valence-corrected chi connectivity index (χ0v) is 10.5. The van der Waals surface area contributed by atoms with Gasteiger partial charge in [-0.25, -0.2) is 0 Å². The van der Waals surface area contributed by atoms with Crippen LogP contribution >= 0.6 is 11.3 Å². The van der Waals surface area contributed by atoms with Gasteiger partial charge in [0.25, 0.3) is 0 Å². The van der Waals surface area contributed by atoms with E-state index in [-0.39, 0.29) is 0 Å². The largest absolute Gasteiger partial charge is 0.271 e. The van der Waals surface area contributed by atoms with Crippen molar-refractivity contribution in [3.8, 4) is 0 Å². The average molecular weight is 236 g/mol. The summed E-state index contributed by atoms with van der Waals surface area (Å²) in [6.45, 7) is 3.76. The summed E-state index contributed by atoms with van der Waals surface area (Å²) in [7, 11) is 0. The third-order valence-electron chi connectivity index (χ3n) is 3.22. The van der Waals surface area contributed by atoms with Crippen LogP contribution < -0.4 is 11.3 Å². The lowest BCUT2D eigenvalue weighted by atomic mass is 9.98. The van der Waals surface area contributed by atoms with Crippen LogP contribution in [0.5, 0.6) is 0 Å². The molecule has 0 aromatic carbocycles. The van der Waals surface area contributed by atoms with Crippen LogP contribution in [0.3, 0.4) is 0 Å². The maximum atomic E-state index is 5.63. The predicted molar refractivity (Wildman–Crippen MR) is 70.5 cm³/mol. The number of hydrazine groups is 1. The summed E-state index contributed by atoms with van der Waals surface area (Å²) in [5.41, 5.74) is 4.49. The summed E-state index contributed by atoms with van der Waals surface area (Å²) in [6.07, 6.45) is 9.22. The lowest BCUT2D eigenvalue weighted by molar-refractivity contribution is 0.528. The van der Waals surface area contributed by atoms with Crippen molar-refractivity contribution < 1.29 is 0 Å². The highest BCUT2D eigenvalue weighted by Gasteiger charge is 2.17. The Morgan fingerprint density at radius 1 is 1.50 bits per heavy atom. The molecule has 0 radical (unpaired) electrons. The molecule has 0 bridgehead atoms. The number of nitrogens with two attached hydrogens (primary N) is 1. The molecule has 0 fully saturated rings. The third kappa shape index (κ3) is 2.54. The van der Waals surface area contributed by atoms with Gasteiger partial charge in [-0.1, -0.05) is 6.08 Å². The van der Waals surface area contributed by atoms with Crippen LogP contribution in [-0.4, -0.2) is 0 Å². The predicted octanol–water partition coefficient (Wildman–Crippen LogP) is 3.10. The zero-order chi connectivity index (χ0) is 11.4. The van der Waals surface area contributed by atoms with E-state index in [0.29, 0.717) is 6.04 Å². The van der Waals surface area contributed by atoms with Crippen LogP contribution in [0.25, 0.3) is 0 Å². The molecular formula is C13H20N2S. The summed E-state index contributed by atoms with van der Waals surface area (Å²) in [6, 6.07) is 2.65. The molecule has 1 aromatic rings. The van der Waals surface area contributed by atoms with Crippen LogP contribution in [0.1, 0.15) is 47.0 Å². The van der Waals surface area contributed by atoms with Gasteiger partial charge in [0.2, 0.25) is 0 Å². The fourth-order valence-corrected chi connectivity index (χ4v) is 3.63. The van der Waals surface area contributed by atoms with Gasteiger partial charge in [0.15, 0.2) is 0 Å². The van der Waals surface area contributed by atoms with E-state index in [1.807, 2.05) is 17.4 Å². The molecule has 16 heavy (non-hydrogen) atoms. The topological polar surface area (TPSA) is 38.0 Å². The molecule has 1 heterocycles. The van der Waals surface area contributed by atoms with Crippen molar-refractivity contribution in [3.63, 3.8) is 0 Å². The number of nitrogens with one attached hydrogen (secondary N) is 1. The van der Waals surface area contributed by atoms with Gasteiger partial charge in [-0.15, -0.1) is 17.9 Å². The van der Waals surface area contributed by atoms with Crippen molar-refractivity contribution in [2.75, 3.05) is 0 Å². The molecule has 0 saturated carbocycles. The Morgan fingerprint density at radius 2 is 2.31 bits per heavy atom. The van der Waals surface area contributed by atoms with Crippen LogP contribution in [0.2, 0.25) is 0 Å². The van der Waals surface area contributed by atoms with Gasteiger partial charge in [-0.05, 0) is 50.2 Å². The lowest BCUT2D eigenvalue weighted by Gasteiger charge is -2.12. The van der Waals surface area contributed by atoms with Gasteiger partial charge in [0.05, 0.1) is 6.04 Å². The van der Waals surface area contributed by atoms with Gasteiger partial charge >= 0.3 is 0 Å². The Hall–Kier alpha value is -0.640. The number of thiophene rings is 1. The molecule has 3 N–H and O–H groups in total. The van der Waals surface area contributed by atoms with E-state index in [0.717, 1.165) is 12.8 Å². The first kappa shape index (κ1) is 11.8. The van der Waals surface area contributed by atoms with Gasteiger partial charge in [-0.2, -0.15) is 0 Å². The number of rotatable bonds is 5. The van der Waals surface area contributed by atoms with Crippen molar-refractivity contribution in [2.24, 2.45) is 5.84 Å². The molecule has 1 unspecified atom stereocenters. The van der Waals surface area contributed by atoms with Crippen LogP contribution in [0, 0.1) is 0 Å². The Morgan fingerprint density at radius 3 is 3.00 bits per heavy atom. The molecule has 1 aromatic heterocycles.